The number of amides is 2. The maximum absolute atomic E-state index is 12.5. The number of carbonyl (C=O) groups excluding carboxylic acids is 2. The third-order valence-electron chi connectivity index (χ3n) is 4.77. The van der Waals surface area contributed by atoms with Crippen LogP contribution in [-0.2, 0) is 9.59 Å². The van der Waals surface area contributed by atoms with Crippen LogP contribution in [0.5, 0.6) is 5.75 Å². The lowest BCUT2D eigenvalue weighted by Crippen LogP contribution is -2.20. The van der Waals surface area contributed by atoms with Crippen molar-refractivity contribution in [3.05, 3.63) is 93.0 Å². The van der Waals surface area contributed by atoms with Gasteiger partial charge in [-0.05, 0) is 61.4 Å². The first-order chi connectivity index (χ1) is 16.3. The van der Waals surface area contributed by atoms with E-state index in [0.717, 1.165) is 11.1 Å². The van der Waals surface area contributed by atoms with Crippen LogP contribution in [0.25, 0.3) is 6.08 Å². The predicted molar refractivity (Wildman–Crippen MR) is 135 cm³/mol. The number of anilines is 2. The van der Waals surface area contributed by atoms with Gasteiger partial charge in [0.25, 0.3) is 11.8 Å². The predicted octanol–water partition coefficient (Wildman–Crippen LogP) is 6.17. The van der Waals surface area contributed by atoms with Crippen LogP contribution in [0, 0.1) is 25.2 Å². The van der Waals surface area contributed by atoms with Crippen molar-refractivity contribution in [3.63, 3.8) is 0 Å². The number of aryl methyl sites for hydroxylation is 2. The van der Waals surface area contributed by atoms with E-state index in [0.29, 0.717) is 16.9 Å². The van der Waals surface area contributed by atoms with Crippen LogP contribution in [0.4, 0.5) is 11.4 Å². The largest absolute Gasteiger partial charge is 0.481 e. The minimum Gasteiger partial charge on any atom is -0.481 e. The zero-order valence-corrected chi connectivity index (χ0v) is 20.0. The molecule has 3 aromatic rings. The molecule has 0 bridgehead atoms. The Kier molecular flexibility index (Phi) is 8.31. The Labute approximate surface area is 207 Å². The van der Waals surface area contributed by atoms with Crippen molar-refractivity contribution in [3.8, 4) is 11.8 Å². The van der Waals surface area contributed by atoms with E-state index in [1.807, 2.05) is 44.2 Å². The average molecular weight is 494 g/mol. The summed E-state index contributed by atoms with van der Waals surface area (Å²) in [7, 11) is 0. The first-order valence-electron chi connectivity index (χ1n) is 10.2. The van der Waals surface area contributed by atoms with Gasteiger partial charge in [-0.25, -0.2) is 0 Å². The van der Waals surface area contributed by atoms with E-state index in [1.54, 1.807) is 24.3 Å². The van der Waals surface area contributed by atoms with Crippen LogP contribution in [0.2, 0.25) is 10.0 Å². The molecule has 0 aliphatic rings. The van der Waals surface area contributed by atoms with Crippen molar-refractivity contribution in [2.75, 3.05) is 17.2 Å². The van der Waals surface area contributed by atoms with Crippen molar-refractivity contribution >= 4 is 52.5 Å². The molecule has 172 valence electrons. The van der Waals surface area contributed by atoms with E-state index in [4.69, 9.17) is 27.9 Å². The molecule has 0 aliphatic heterocycles. The van der Waals surface area contributed by atoms with Gasteiger partial charge < -0.3 is 15.4 Å². The van der Waals surface area contributed by atoms with Gasteiger partial charge in [-0.3, -0.25) is 9.59 Å². The summed E-state index contributed by atoms with van der Waals surface area (Å²) in [6.45, 7) is 3.50. The molecule has 0 fully saturated rings. The highest BCUT2D eigenvalue weighted by atomic mass is 35.5. The zero-order valence-electron chi connectivity index (χ0n) is 18.5. The van der Waals surface area contributed by atoms with Crippen LogP contribution in [-0.4, -0.2) is 18.4 Å². The number of benzene rings is 3. The second-order valence-corrected chi connectivity index (χ2v) is 8.27. The molecule has 0 saturated heterocycles. The van der Waals surface area contributed by atoms with Gasteiger partial charge in [0.2, 0.25) is 0 Å². The van der Waals surface area contributed by atoms with Crippen LogP contribution < -0.4 is 15.4 Å². The van der Waals surface area contributed by atoms with Gasteiger partial charge in [0.15, 0.2) is 12.4 Å². The van der Waals surface area contributed by atoms with Crippen molar-refractivity contribution in [1.29, 1.82) is 5.26 Å². The Bertz CT molecular complexity index is 1270. The van der Waals surface area contributed by atoms with Crippen molar-refractivity contribution in [2.45, 2.75) is 13.8 Å². The normalized spacial score (nSPS) is 10.9. The molecule has 0 heterocycles. The van der Waals surface area contributed by atoms with Gasteiger partial charge >= 0.3 is 0 Å². The number of carbonyl (C=O) groups is 2. The van der Waals surface area contributed by atoms with Gasteiger partial charge in [-0.15, -0.1) is 0 Å². The molecule has 2 N–H and O–H groups in total. The summed E-state index contributed by atoms with van der Waals surface area (Å²) in [5.41, 5.74) is 3.51. The molecule has 3 rings (SSSR count). The van der Waals surface area contributed by atoms with Gasteiger partial charge in [0, 0.05) is 11.4 Å². The summed E-state index contributed by atoms with van der Waals surface area (Å²) in [6.07, 6.45) is 1.37. The van der Waals surface area contributed by atoms with Gasteiger partial charge in [-0.2, -0.15) is 5.26 Å². The SMILES string of the molecule is Cc1ccc(NC(=O)COc2c(Cl)cc(/C=C(\C#N)C(=O)Nc3ccccc3C)cc2Cl)cc1. The lowest BCUT2D eigenvalue weighted by Gasteiger charge is -2.12. The van der Waals surface area contributed by atoms with Gasteiger partial charge in [0.05, 0.1) is 10.0 Å². The van der Waals surface area contributed by atoms with Crippen LogP contribution in [0.3, 0.4) is 0 Å². The number of hydrogen-bond acceptors (Lipinski definition) is 4. The smallest absolute Gasteiger partial charge is 0.266 e. The highest BCUT2D eigenvalue weighted by Gasteiger charge is 2.15. The monoisotopic (exact) mass is 493 g/mol. The van der Waals surface area contributed by atoms with Crippen LogP contribution in [0.1, 0.15) is 16.7 Å². The molecule has 34 heavy (non-hydrogen) atoms. The summed E-state index contributed by atoms with van der Waals surface area (Å²) >= 11 is 12.6. The summed E-state index contributed by atoms with van der Waals surface area (Å²) in [6, 6.07) is 19.5. The van der Waals surface area contributed by atoms with E-state index < -0.39 is 5.91 Å². The Balaban J connectivity index is 1.69. The van der Waals surface area contributed by atoms with Crippen LogP contribution >= 0.6 is 23.2 Å². The Morgan fingerprint density at radius 3 is 2.26 bits per heavy atom. The first kappa shape index (κ1) is 24.8. The maximum atomic E-state index is 12.5. The minimum atomic E-state index is -0.558. The van der Waals surface area contributed by atoms with Crippen molar-refractivity contribution in [2.24, 2.45) is 0 Å². The summed E-state index contributed by atoms with van der Waals surface area (Å²) in [4.78, 5) is 24.7. The quantitative estimate of drug-likeness (QED) is 0.304. The molecule has 2 amide bonds. The number of hydrogen-bond donors (Lipinski definition) is 2. The number of rotatable bonds is 7. The molecule has 6 nitrogen and oxygen atoms in total. The fourth-order valence-electron chi connectivity index (χ4n) is 2.99. The van der Waals surface area contributed by atoms with E-state index >= 15 is 0 Å². The highest BCUT2D eigenvalue weighted by molar-refractivity contribution is 6.37. The highest BCUT2D eigenvalue weighted by Crippen LogP contribution is 2.35. The molecule has 0 unspecified atom stereocenters. The van der Waals surface area contributed by atoms with Gasteiger partial charge in [0.1, 0.15) is 11.6 Å². The fraction of sp³-hybridized carbons (Fsp3) is 0.115. The Morgan fingerprint density at radius 1 is 1.00 bits per heavy atom. The molecular formula is C26H21Cl2N3O3. The summed E-state index contributed by atoms with van der Waals surface area (Å²) < 4.78 is 5.51. The Morgan fingerprint density at radius 2 is 1.65 bits per heavy atom. The molecule has 8 heteroatoms. The lowest BCUT2D eigenvalue weighted by molar-refractivity contribution is -0.118. The summed E-state index contributed by atoms with van der Waals surface area (Å²) in [5, 5.41) is 15.2. The Hall–Kier alpha value is -3.79. The molecule has 0 atom stereocenters. The molecule has 0 saturated carbocycles. The molecule has 0 aromatic heterocycles. The number of para-hydroxylation sites is 1. The lowest BCUT2D eigenvalue weighted by atomic mass is 10.1. The number of nitriles is 1. The van der Waals surface area contributed by atoms with Crippen molar-refractivity contribution < 1.29 is 14.3 Å². The number of nitrogens with one attached hydrogen (secondary N) is 2. The van der Waals surface area contributed by atoms with E-state index in [9.17, 15) is 14.9 Å². The first-order valence-corrected chi connectivity index (χ1v) is 11.0. The average Bonchev–Trinajstić information content (AvgIpc) is 2.80. The summed E-state index contributed by atoms with van der Waals surface area (Å²) in [5.74, 6) is -0.806. The topological polar surface area (TPSA) is 91.2 Å². The second kappa shape index (κ2) is 11.4. The third-order valence-corrected chi connectivity index (χ3v) is 5.33. The van der Waals surface area contributed by atoms with Crippen LogP contribution in [0.15, 0.2) is 66.2 Å². The minimum absolute atomic E-state index is 0.124. The van der Waals surface area contributed by atoms with E-state index in [2.05, 4.69) is 10.6 Å². The van der Waals surface area contributed by atoms with Crippen molar-refractivity contribution in [1.82, 2.24) is 0 Å². The standard InChI is InChI=1S/C26H21Cl2N3O3/c1-16-7-9-20(10-8-16)30-24(32)15-34-25-21(27)12-18(13-22(25)28)11-19(14-29)26(33)31-23-6-4-3-5-17(23)2/h3-13H,15H2,1-2H3,(H,30,32)(H,31,33)/b19-11+. The molecule has 0 aliphatic carbocycles. The molecular weight excluding hydrogens is 473 g/mol. The molecule has 0 radical (unpaired) electrons. The zero-order chi connectivity index (χ0) is 24.7. The second-order valence-electron chi connectivity index (χ2n) is 7.46. The number of ether oxygens (including phenoxy) is 1. The molecule has 0 spiro atoms. The maximum Gasteiger partial charge on any atom is 0.266 e. The third kappa shape index (κ3) is 6.61. The number of nitrogens with zero attached hydrogens (tertiary/aromatic N) is 1. The van der Waals surface area contributed by atoms with E-state index in [-0.39, 0.29) is 33.9 Å². The number of halogens is 2. The fourth-order valence-corrected chi connectivity index (χ4v) is 3.60. The van der Waals surface area contributed by atoms with E-state index in [1.165, 1.54) is 18.2 Å². The molecule has 3 aromatic carbocycles. The van der Waals surface area contributed by atoms with Gasteiger partial charge in [-0.1, -0.05) is 59.1 Å².